The minimum absolute atomic E-state index is 0.00812. The predicted octanol–water partition coefficient (Wildman–Crippen LogP) is 5.15. The summed E-state index contributed by atoms with van der Waals surface area (Å²) in [7, 11) is 0. The molecule has 8 fully saturated rings. The highest BCUT2D eigenvalue weighted by molar-refractivity contribution is 5.70. The Kier molecular flexibility index (Phi) is 3.80. The van der Waals surface area contributed by atoms with E-state index in [-0.39, 0.29) is 21.7 Å². The van der Waals surface area contributed by atoms with Crippen LogP contribution >= 0.6 is 0 Å². The molecule has 0 amide bonds. The fraction of sp³-hybridized carbons (Fsp3) is 0.833. The number of hydrogen-bond donors (Lipinski definition) is 2. The van der Waals surface area contributed by atoms with Crippen LogP contribution in [0.4, 0.5) is 17.3 Å². The Hall–Kier alpha value is -1.92. The normalized spacial score (nSPS) is 46.3. The van der Waals surface area contributed by atoms with Crippen LogP contribution in [0.15, 0.2) is 6.33 Å². The maximum atomic E-state index is 12.3. The van der Waals surface area contributed by atoms with Crippen LogP contribution in [0.2, 0.25) is 0 Å². The summed E-state index contributed by atoms with van der Waals surface area (Å²) in [6.45, 7) is 0. The highest BCUT2D eigenvalue weighted by atomic mass is 16.6. The van der Waals surface area contributed by atoms with Crippen LogP contribution in [0.3, 0.4) is 0 Å². The molecule has 0 unspecified atom stereocenters. The van der Waals surface area contributed by atoms with E-state index in [2.05, 4.69) is 20.6 Å². The van der Waals surface area contributed by atoms with Gasteiger partial charge in [-0.1, -0.05) is 0 Å². The molecule has 1 aromatic heterocycles. The smallest absolute Gasteiger partial charge is 0.353 e. The first-order valence-electron chi connectivity index (χ1n) is 12.5. The van der Waals surface area contributed by atoms with Crippen LogP contribution in [0, 0.1) is 45.6 Å². The number of nitrogens with one attached hydrogen (secondary N) is 2. The first kappa shape index (κ1) is 18.6. The standard InChI is InChI=1S/C24H33N5O2/c30-29(31)20-21(27-23-7-14-1-15(8-23)3-16(2-14)9-23)25-13-26-22(20)28-24-10-17-4-18(11-24)6-19(5-17)12-24/h13-19H,1-12H2,(H2,25,26,27,28). The van der Waals surface area contributed by atoms with Gasteiger partial charge in [-0.2, -0.15) is 0 Å². The Morgan fingerprint density at radius 2 is 1.03 bits per heavy atom. The highest BCUT2D eigenvalue weighted by Crippen LogP contribution is 2.58. The van der Waals surface area contributed by atoms with Crippen LogP contribution in [-0.4, -0.2) is 26.0 Å². The Bertz CT molecular complexity index is 796. The van der Waals surface area contributed by atoms with Crippen molar-refractivity contribution in [1.29, 1.82) is 0 Å². The summed E-state index contributed by atoms with van der Waals surface area (Å²) in [5.74, 6) is 5.57. The zero-order valence-electron chi connectivity index (χ0n) is 18.2. The summed E-state index contributed by atoms with van der Waals surface area (Å²) < 4.78 is 0. The van der Waals surface area contributed by atoms with Crippen molar-refractivity contribution in [2.24, 2.45) is 35.5 Å². The molecule has 8 bridgehead atoms. The van der Waals surface area contributed by atoms with E-state index in [1.807, 2.05) is 0 Å². The lowest BCUT2D eigenvalue weighted by Crippen LogP contribution is -2.55. The quantitative estimate of drug-likeness (QED) is 0.503. The molecular weight excluding hydrogens is 390 g/mol. The highest BCUT2D eigenvalue weighted by Gasteiger charge is 2.53. The third kappa shape index (κ3) is 2.98. The van der Waals surface area contributed by atoms with Gasteiger partial charge in [0, 0.05) is 11.1 Å². The molecular formula is C24H33N5O2. The fourth-order valence-corrected chi connectivity index (χ4v) is 9.76. The van der Waals surface area contributed by atoms with E-state index in [0.717, 1.165) is 74.0 Å². The van der Waals surface area contributed by atoms with Crippen molar-refractivity contribution in [2.75, 3.05) is 10.6 Å². The van der Waals surface area contributed by atoms with Crippen LogP contribution < -0.4 is 10.6 Å². The van der Waals surface area contributed by atoms with Crippen LogP contribution in [-0.2, 0) is 0 Å². The van der Waals surface area contributed by atoms with Crippen molar-refractivity contribution in [1.82, 2.24) is 9.97 Å². The van der Waals surface area contributed by atoms with Gasteiger partial charge in [0.15, 0.2) is 0 Å². The molecule has 7 nitrogen and oxygen atoms in total. The van der Waals surface area contributed by atoms with Gasteiger partial charge >= 0.3 is 5.69 Å². The van der Waals surface area contributed by atoms with Crippen molar-refractivity contribution in [3.05, 3.63) is 16.4 Å². The zero-order chi connectivity index (χ0) is 20.8. The number of nitrogens with zero attached hydrogens (tertiary/aromatic N) is 3. The molecule has 0 aromatic carbocycles. The van der Waals surface area contributed by atoms with Crippen molar-refractivity contribution in [3.63, 3.8) is 0 Å². The van der Waals surface area contributed by atoms with Gasteiger partial charge in [-0.05, 0) is 113 Å². The van der Waals surface area contributed by atoms with Gasteiger partial charge in [-0.15, -0.1) is 0 Å². The van der Waals surface area contributed by atoms with E-state index < -0.39 is 0 Å². The molecule has 0 aliphatic heterocycles. The van der Waals surface area contributed by atoms with Gasteiger partial charge in [-0.25, -0.2) is 9.97 Å². The molecule has 8 saturated carbocycles. The van der Waals surface area contributed by atoms with Crippen LogP contribution in [0.25, 0.3) is 0 Å². The minimum atomic E-state index is -0.258. The summed E-state index contributed by atoms with van der Waals surface area (Å²) in [5, 5.41) is 19.6. The molecule has 7 heteroatoms. The lowest BCUT2D eigenvalue weighted by molar-refractivity contribution is -0.383. The van der Waals surface area contributed by atoms with E-state index in [4.69, 9.17) is 0 Å². The number of rotatable bonds is 5. The number of nitro groups is 1. The molecule has 166 valence electrons. The summed E-state index contributed by atoms with van der Waals surface area (Å²) in [6, 6.07) is 0. The van der Waals surface area contributed by atoms with E-state index in [1.165, 1.54) is 44.9 Å². The third-order valence-corrected chi connectivity index (χ3v) is 9.85. The monoisotopic (exact) mass is 423 g/mol. The molecule has 0 radical (unpaired) electrons. The molecule has 8 aliphatic carbocycles. The Labute approximate surface area is 183 Å². The van der Waals surface area contributed by atoms with E-state index in [0.29, 0.717) is 11.6 Å². The van der Waals surface area contributed by atoms with Crippen molar-refractivity contribution >= 4 is 17.3 Å². The summed E-state index contributed by atoms with van der Waals surface area (Å²) in [6.07, 6.45) is 16.5. The Balaban J connectivity index is 1.21. The van der Waals surface area contributed by atoms with Gasteiger partial charge in [0.2, 0.25) is 11.6 Å². The molecule has 1 aromatic rings. The molecule has 9 rings (SSSR count). The maximum absolute atomic E-state index is 12.3. The number of anilines is 2. The zero-order valence-corrected chi connectivity index (χ0v) is 18.2. The first-order chi connectivity index (χ1) is 15.0. The molecule has 1 heterocycles. The second-order valence-electron chi connectivity index (χ2n) is 12.3. The molecule has 31 heavy (non-hydrogen) atoms. The van der Waals surface area contributed by atoms with Gasteiger partial charge in [0.05, 0.1) is 4.92 Å². The van der Waals surface area contributed by atoms with Crippen LogP contribution in [0.1, 0.15) is 77.0 Å². The van der Waals surface area contributed by atoms with Gasteiger partial charge < -0.3 is 10.6 Å². The van der Waals surface area contributed by atoms with Gasteiger partial charge in [0.25, 0.3) is 0 Å². The number of aromatic nitrogens is 2. The van der Waals surface area contributed by atoms with Crippen LogP contribution in [0.5, 0.6) is 0 Å². The minimum Gasteiger partial charge on any atom is -0.359 e. The third-order valence-electron chi connectivity index (χ3n) is 9.85. The summed E-state index contributed by atoms with van der Waals surface area (Å²) in [4.78, 5) is 20.9. The molecule has 0 saturated heterocycles. The largest absolute Gasteiger partial charge is 0.359 e. The Morgan fingerprint density at radius 1 is 0.710 bits per heavy atom. The van der Waals surface area contributed by atoms with E-state index in [1.54, 1.807) is 0 Å². The molecule has 0 atom stereocenters. The van der Waals surface area contributed by atoms with Crippen molar-refractivity contribution in [2.45, 2.75) is 88.1 Å². The van der Waals surface area contributed by atoms with Crippen molar-refractivity contribution < 1.29 is 4.92 Å². The second-order valence-corrected chi connectivity index (χ2v) is 12.3. The Morgan fingerprint density at radius 3 is 1.32 bits per heavy atom. The molecule has 2 N–H and O–H groups in total. The first-order valence-corrected chi connectivity index (χ1v) is 12.5. The lowest BCUT2D eigenvalue weighted by atomic mass is 9.53. The topological polar surface area (TPSA) is 93.0 Å². The lowest BCUT2D eigenvalue weighted by Gasteiger charge is -2.57. The molecule has 0 spiro atoms. The predicted molar refractivity (Wildman–Crippen MR) is 118 cm³/mol. The van der Waals surface area contributed by atoms with E-state index in [9.17, 15) is 10.1 Å². The maximum Gasteiger partial charge on any atom is 0.353 e. The number of hydrogen-bond acceptors (Lipinski definition) is 6. The molecule has 8 aliphatic rings. The average Bonchev–Trinajstić information content (AvgIpc) is 2.65. The second kappa shape index (κ2) is 6.32. The van der Waals surface area contributed by atoms with Gasteiger partial charge in [0.1, 0.15) is 6.33 Å². The van der Waals surface area contributed by atoms with E-state index >= 15 is 0 Å². The summed E-state index contributed by atoms with van der Waals surface area (Å²) in [5.41, 5.74) is 0.0476. The SMILES string of the molecule is O=[N+]([O-])c1c(NC23CC4CC(CC(C4)C2)C3)ncnc1NC12CC3CC(CC(C3)C1)C2. The fourth-order valence-electron chi connectivity index (χ4n) is 9.76. The summed E-state index contributed by atoms with van der Waals surface area (Å²) >= 11 is 0. The van der Waals surface area contributed by atoms with Crippen molar-refractivity contribution in [3.8, 4) is 0 Å². The van der Waals surface area contributed by atoms with Gasteiger partial charge in [-0.3, -0.25) is 10.1 Å². The average molecular weight is 424 g/mol.